The first-order chi connectivity index (χ1) is 11.4. The van der Waals surface area contributed by atoms with Gasteiger partial charge in [-0.1, -0.05) is 12.1 Å². The molecule has 2 rings (SSSR count). The number of carbonyl (C=O) groups is 2. The number of hydrogen-bond donors (Lipinski definition) is 2. The Kier molecular flexibility index (Phi) is 5.52. The predicted molar refractivity (Wildman–Crippen MR) is 90.2 cm³/mol. The van der Waals surface area contributed by atoms with E-state index in [0.717, 1.165) is 5.56 Å². The van der Waals surface area contributed by atoms with Crippen molar-refractivity contribution in [2.75, 3.05) is 25.5 Å². The predicted octanol–water partition coefficient (Wildman–Crippen LogP) is 2.56. The average molecular weight is 330 g/mol. The summed E-state index contributed by atoms with van der Waals surface area (Å²) >= 11 is 0. The van der Waals surface area contributed by atoms with Crippen molar-refractivity contribution in [2.45, 2.75) is 6.42 Å². The number of anilines is 1. The second kappa shape index (κ2) is 7.59. The first-order valence-electron chi connectivity index (χ1n) is 7.46. The zero-order valence-electron chi connectivity index (χ0n) is 13.5. The fraction of sp³-hybridized carbons (Fsp3) is 0.222. The molecule has 0 aliphatic rings. The van der Waals surface area contributed by atoms with E-state index in [1.54, 1.807) is 37.2 Å². The molecule has 0 saturated carbocycles. The summed E-state index contributed by atoms with van der Waals surface area (Å²) < 4.78 is 13.4. The average Bonchev–Trinajstić information content (AvgIpc) is 2.54. The van der Waals surface area contributed by atoms with Gasteiger partial charge in [0.15, 0.2) is 0 Å². The van der Waals surface area contributed by atoms with Gasteiger partial charge in [-0.2, -0.15) is 0 Å². The lowest BCUT2D eigenvalue weighted by molar-refractivity contribution is 0.0696. The van der Waals surface area contributed by atoms with Crippen LogP contribution < -0.4 is 10.2 Å². The van der Waals surface area contributed by atoms with Crippen LogP contribution in [0, 0.1) is 5.82 Å². The number of benzene rings is 2. The van der Waals surface area contributed by atoms with Crippen LogP contribution in [0.25, 0.3) is 0 Å². The first kappa shape index (κ1) is 17.5. The number of carboxylic acid groups (broad SMARTS) is 1. The lowest BCUT2D eigenvalue weighted by atomic mass is 10.1. The maximum Gasteiger partial charge on any atom is 0.335 e. The Hall–Kier alpha value is -2.89. The van der Waals surface area contributed by atoms with E-state index < -0.39 is 11.8 Å². The summed E-state index contributed by atoms with van der Waals surface area (Å²) in [4.78, 5) is 24.8. The Bertz CT molecular complexity index is 742. The van der Waals surface area contributed by atoms with Crippen LogP contribution >= 0.6 is 0 Å². The van der Waals surface area contributed by atoms with Crippen molar-refractivity contribution < 1.29 is 19.1 Å². The fourth-order valence-corrected chi connectivity index (χ4v) is 2.31. The van der Waals surface area contributed by atoms with E-state index in [1.807, 2.05) is 0 Å². The largest absolute Gasteiger partial charge is 0.478 e. The minimum Gasteiger partial charge on any atom is -0.478 e. The van der Waals surface area contributed by atoms with E-state index in [0.29, 0.717) is 18.7 Å². The van der Waals surface area contributed by atoms with E-state index in [4.69, 9.17) is 5.11 Å². The van der Waals surface area contributed by atoms with Gasteiger partial charge < -0.3 is 15.3 Å². The number of rotatable bonds is 6. The molecule has 5 nitrogen and oxygen atoms in total. The highest BCUT2D eigenvalue weighted by Crippen LogP contribution is 2.19. The van der Waals surface area contributed by atoms with Crippen molar-refractivity contribution in [2.24, 2.45) is 0 Å². The van der Waals surface area contributed by atoms with Gasteiger partial charge in [0, 0.05) is 26.3 Å². The molecule has 6 heteroatoms. The lowest BCUT2D eigenvalue weighted by Crippen LogP contribution is -2.27. The molecule has 0 fully saturated rings. The summed E-state index contributed by atoms with van der Waals surface area (Å²) in [5, 5.41) is 11.6. The summed E-state index contributed by atoms with van der Waals surface area (Å²) in [5.41, 5.74) is 2.05. The first-order valence-corrected chi connectivity index (χ1v) is 7.46. The van der Waals surface area contributed by atoms with Crippen molar-refractivity contribution in [3.63, 3.8) is 0 Å². The Morgan fingerprint density at radius 1 is 1.12 bits per heavy atom. The van der Waals surface area contributed by atoms with E-state index in [1.165, 1.54) is 24.3 Å². The quantitative estimate of drug-likeness (QED) is 0.854. The zero-order valence-corrected chi connectivity index (χ0v) is 13.5. The molecule has 0 bridgehead atoms. The molecule has 126 valence electrons. The van der Waals surface area contributed by atoms with Gasteiger partial charge in [0.05, 0.1) is 11.1 Å². The van der Waals surface area contributed by atoms with Gasteiger partial charge in [-0.05, 0) is 42.3 Å². The van der Waals surface area contributed by atoms with E-state index in [-0.39, 0.29) is 17.0 Å². The molecule has 2 N–H and O–H groups in total. The molecule has 1 amide bonds. The fourth-order valence-electron chi connectivity index (χ4n) is 2.31. The molecule has 0 aliphatic carbocycles. The van der Waals surface area contributed by atoms with Crippen LogP contribution in [0.5, 0.6) is 0 Å². The molecule has 0 atom stereocenters. The second-order valence-corrected chi connectivity index (χ2v) is 5.56. The van der Waals surface area contributed by atoms with Crippen molar-refractivity contribution in [3.05, 3.63) is 65.0 Å². The highest BCUT2D eigenvalue weighted by Gasteiger charge is 2.13. The van der Waals surface area contributed by atoms with Gasteiger partial charge in [-0.25, -0.2) is 9.18 Å². The van der Waals surface area contributed by atoms with Crippen LogP contribution in [0.1, 0.15) is 26.3 Å². The van der Waals surface area contributed by atoms with Gasteiger partial charge in [-0.3, -0.25) is 4.79 Å². The number of nitrogens with zero attached hydrogens (tertiary/aromatic N) is 1. The van der Waals surface area contributed by atoms with Crippen molar-refractivity contribution >= 4 is 17.6 Å². The monoisotopic (exact) mass is 330 g/mol. The molecule has 2 aromatic rings. The van der Waals surface area contributed by atoms with Crippen LogP contribution in [-0.4, -0.2) is 37.6 Å². The highest BCUT2D eigenvalue weighted by atomic mass is 19.1. The minimum atomic E-state index is -0.975. The molecule has 0 saturated heterocycles. The SMILES string of the molecule is CN(C)c1ccc(F)cc1C(=O)NCCc1ccc(C(=O)O)cc1. The van der Waals surface area contributed by atoms with Gasteiger partial charge in [0.1, 0.15) is 5.82 Å². The van der Waals surface area contributed by atoms with Crippen LogP contribution in [0.4, 0.5) is 10.1 Å². The standard InChI is InChI=1S/C18H19FN2O3/c1-21(2)16-8-7-14(19)11-15(16)17(22)20-10-9-12-3-5-13(6-4-12)18(23)24/h3-8,11H,9-10H2,1-2H3,(H,20,22)(H,23,24). The number of carboxylic acids is 1. The van der Waals surface area contributed by atoms with Gasteiger partial charge in [-0.15, -0.1) is 0 Å². The van der Waals surface area contributed by atoms with Crippen molar-refractivity contribution in [1.29, 1.82) is 0 Å². The molecule has 0 heterocycles. The maximum absolute atomic E-state index is 13.4. The summed E-state index contributed by atoms with van der Waals surface area (Å²) in [6, 6.07) is 10.6. The molecule has 0 aliphatic heterocycles. The topological polar surface area (TPSA) is 69.6 Å². The lowest BCUT2D eigenvalue weighted by Gasteiger charge is -2.17. The molecule has 0 spiro atoms. The molecular formula is C18H19FN2O3. The van der Waals surface area contributed by atoms with Gasteiger partial charge >= 0.3 is 5.97 Å². The Morgan fingerprint density at radius 3 is 2.38 bits per heavy atom. The van der Waals surface area contributed by atoms with Crippen LogP contribution in [-0.2, 0) is 6.42 Å². The van der Waals surface area contributed by atoms with E-state index in [9.17, 15) is 14.0 Å². The van der Waals surface area contributed by atoms with Gasteiger partial charge in [0.25, 0.3) is 5.91 Å². The molecule has 2 aromatic carbocycles. The summed E-state index contributed by atoms with van der Waals surface area (Å²) in [6.07, 6.45) is 0.554. The molecule has 0 aromatic heterocycles. The molecule has 0 radical (unpaired) electrons. The highest BCUT2D eigenvalue weighted by molar-refractivity contribution is 5.99. The third kappa shape index (κ3) is 4.32. The molecule has 0 unspecified atom stereocenters. The maximum atomic E-state index is 13.4. The van der Waals surface area contributed by atoms with Gasteiger partial charge in [0.2, 0.25) is 0 Å². The summed E-state index contributed by atoms with van der Waals surface area (Å²) in [5.74, 6) is -1.78. The number of aromatic carboxylic acids is 1. The third-order valence-corrected chi connectivity index (χ3v) is 3.59. The summed E-state index contributed by atoms with van der Waals surface area (Å²) in [7, 11) is 3.57. The number of amides is 1. The third-order valence-electron chi connectivity index (χ3n) is 3.59. The van der Waals surface area contributed by atoms with Crippen LogP contribution in [0.3, 0.4) is 0 Å². The number of hydrogen-bond acceptors (Lipinski definition) is 3. The number of carbonyl (C=O) groups excluding carboxylic acids is 1. The van der Waals surface area contributed by atoms with Crippen molar-refractivity contribution in [1.82, 2.24) is 5.32 Å². The van der Waals surface area contributed by atoms with Crippen molar-refractivity contribution in [3.8, 4) is 0 Å². The Morgan fingerprint density at radius 2 is 1.79 bits per heavy atom. The Labute approximate surface area is 139 Å². The van der Waals surface area contributed by atoms with Crippen LogP contribution in [0.2, 0.25) is 0 Å². The zero-order chi connectivity index (χ0) is 17.7. The normalized spacial score (nSPS) is 10.3. The van der Waals surface area contributed by atoms with E-state index in [2.05, 4.69) is 5.32 Å². The Balaban J connectivity index is 1.98. The van der Waals surface area contributed by atoms with E-state index >= 15 is 0 Å². The minimum absolute atomic E-state index is 0.221. The smallest absolute Gasteiger partial charge is 0.335 e. The number of nitrogens with one attached hydrogen (secondary N) is 1. The molecular weight excluding hydrogens is 311 g/mol. The summed E-state index contributed by atoms with van der Waals surface area (Å²) in [6.45, 7) is 0.370. The molecule has 24 heavy (non-hydrogen) atoms. The number of halogens is 1. The second-order valence-electron chi connectivity index (χ2n) is 5.56. The van der Waals surface area contributed by atoms with Crippen LogP contribution in [0.15, 0.2) is 42.5 Å².